The van der Waals surface area contributed by atoms with Gasteiger partial charge in [0.05, 0.1) is 11.9 Å². The smallest absolute Gasteiger partial charge is 0.213 e. The van der Waals surface area contributed by atoms with Crippen molar-refractivity contribution < 1.29 is 4.74 Å². The zero-order valence-corrected chi connectivity index (χ0v) is 10.1. The Bertz CT molecular complexity index is 335. The van der Waals surface area contributed by atoms with Gasteiger partial charge in [0.1, 0.15) is 6.10 Å². The maximum atomic E-state index is 5.84. The molecule has 2 N–H and O–H groups in total. The molecule has 0 saturated heterocycles. The van der Waals surface area contributed by atoms with Crippen molar-refractivity contribution in [2.75, 3.05) is 5.73 Å². The number of nitrogens with zero attached hydrogens (tertiary/aromatic N) is 1. The third kappa shape index (κ3) is 2.87. The monoisotopic (exact) mass is 220 g/mol. The molecule has 3 heteroatoms. The van der Waals surface area contributed by atoms with E-state index in [0.29, 0.717) is 23.1 Å². The van der Waals surface area contributed by atoms with Crippen LogP contribution in [0.1, 0.15) is 39.5 Å². The maximum absolute atomic E-state index is 5.84. The van der Waals surface area contributed by atoms with Crippen LogP contribution in [0, 0.1) is 5.41 Å². The van der Waals surface area contributed by atoms with Crippen molar-refractivity contribution in [2.45, 2.75) is 45.6 Å². The first-order valence-electron chi connectivity index (χ1n) is 5.93. The van der Waals surface area contributed by atoms with Crippen molar-refractivity contribution in [3.8, 4) is 5.88 Å². The fraction of sp³-hybridized carbons (Fsp3) is 0.615. The molecule has 1 fully saturated rings. The molecule has 0 spiro atoms. The Morgan fingerprint density at radius 1 is 1.31 bits per heavy atom. The van der Waals surface area contributed by atoms with Crippen LogP contribution in [0.3, 0.4) is 0 Å². The SMILES string of the molecule is CC1(C)CCC(Oc2ccc(N)cn2)CC1. The quantitative estimate of drug-likeness (QED) is 0.833. The third-order valence-electron chi connectivity index (χ3n) is 3.33. The molecular formula is C13H20N2O. The second kappa shape index (κ2) is 4.32. The molecule has 0 aromatic carbocycles. The molecule has 0 bridgehead atoms. The predicted octanol–water partition coefficient (Wildman–Crippen LogP) is 3.01. The molecule has 2 rings (SSSR count). The van der Waals surface area contributed by atoms with Crippen LogP contribution in [-0.2, 0) is 0 Å². The zero-order chi connectivity index (χ0) is 11.6. The average molecular weight is 220 g/mol. The fourth-order valence-corrected chi connectivity index (χ4v) is 2.12. The Morgan fingerprint density at radius 2 is 2.00 bits per heavy atom. The lowest BCUT2D eigenvalue weighted by atomic mass is 9.76. The average Bonchev–Trinajstić information content (AvgIpc) is 2.24. The van der Waals surface area contributed by atoms with Crippen molar-refractivity contribution in [1.29, 1.82) is 0 Å². The van der Waals surface area contributed by atoms with E-state index in [4.69, 9.17) is 10.5 Å². The summed E-state index contributed by atoms with van der Waals surface area (Å²) in [7, 11) is 0. The van der Waals surface area contributed by atoms with Gasteiger partial charge in [0, 0.05) is 6.07 Å². The summed E-state index contributed by atoms with van der Waals surface area (Å²) in [4.78, 5) is 4.16. The molecule has 0 aliphatic heterocycles. The summed E-state index contributed by atoms with van der Waals surface area (Å²) in [6, 6.07) is 3.67. The number of hydrogen-bond acceptors (Lipinski definition) is 3. The molecule has 1 heterocycles. The largest absolute Gasteiger partial charge is 0.474 e. The molecule has 1 aliphatic carbocycles. The van der Waals surface area contributed by atoms with Crippen LogP contribution >= 0.6 is 0 Å². The van der Waals surface area contributed by atoms with Crippen LogP contribution in [0.2, 0.25) is 0 Å². The van der Waals surface area contributed by atoms with Crippen LogP contribution in [0.15, 0.2) is 18.3 Å². The number of ether oxygens (including phenoxy) is 1. The first kappa shape index (κ1) is 11.2. The van der Waals surface area contributed by atoms with E-state index < -0.39 is 0 Å². The summed E-state index contributed by atoms with van der Waals surface area (Å²) in [6.45, 7) is 4.65. The molecule has 0 unspecified atom stereocenters. The minimum absolute atomic E-state index is 0.323. The molecule has 1 saturated carbocycles. The molecule has 0 amide bonds. The molecule has 1 aromatic heterocycles. The Kier molecular flexibility index (Phi) is 3.03. The van der Waals surface area contributed by atoms with E-state index in [1.165, 1.54) is 12.8 Å². The second-order valence-electron chi connectivity index (χ2n) is 5.41. The molecule has 0 radical (unpaired) electrons. The minimum atomic E-state index is 0.323. The van der Waals surface area contributed by atoms with Gasteiger partial charge < -0.3 is 10.5 Å². The van der Waals surface area contributed by atoms with Crippen molar-refractivity contribution >= 4 is 5.69 Å². The van der Waals surface area contributed by atoms with E-state index in [1.807, 2.05) is 12.1 Å². The van der Waals surface area contributed by atoms with Gasteiger partial charge in [0.2, 0.25) is 5.88 Å². The normalized spacial score (nSPS) is 20.6. The van der Waals surface area contributed by atoms with Gasteiger partial charge in [0.25, 0.3) is 0 Å². The van der Waals surface area contributed by atoms with Crippen molar-refractivity contribution in [2.24, 2.45) is 5.41 Å². The van der Waals surface area contributed by atoms with Crippen LogP contribution in [-0.4, -0.2) is 11.1 Å². The van der Waals surface area contributed by atoms with Gasteiger partial charge in [-0.2, -0.15) is 0 Å². The van der Waals surface area contributed by atoms with Crippen LogP contribution in [0.25, 0.3) is 0 Å². The highest BCUT2D eigenvalue weighted by atomic mass is 16.5. The van der Waals surface area contributed by atoms with Crippen molar-refractivity contribution in [1.82, 2.24) is 4.98 Å². The number of nitrogens with two attached hydrogens (primary N) is 1. The van der Waals surface area contributed by atoms with Gasteiger partial charge in [-0.1, -0.05) is 13.8 Å². The first-order valence-corrected chi connectivity index (χ1v) is 5.93. The molecule has 1 aromatic rings. The fourth-order valence-electron chi connectivity index (χ4n) is 2.12. The predicted molar refractivity (Wildman–Crippen MR) is 65.3 cm³/mol. The van der Waals surface area contributed by atoms with Gasteiger partial charge in [-0.15, -0.1) is 0 Å². The van der Waals surface area contributed by atoms with E-state index in [1.54, 1.807) is 6.20 Å². The summed E-state index contributed by atoms with van der Waals surface area (Å²) in [5.74, 6) is 0.693. The Morgan fingerprint density at radius 3 is 2.56 bits per heavy atom. The summed E-state index contributed by atoms with van der Waals surface area (Å²) < 4.78 is 5.84. The summed E-state index contributed by atoms with van der Waals surface area (Å²) >= 11 is 0. The zero-order valence-electron chi connectivity index (χ0n) is 10.1. The van der Waals surface area contributed by atoms with Gasteiger partial charge in [-0.3, -0.25) is 0 Å². The van der Waals surface area contributed by atoms with Crippen LogP contribution < -0.4 is 10.5 Å². The molecular weight excluding hydrogens is 200 g/mol. The Labute approximate surface area is 97.0 Å². The van der Waals surface area contributed by atoms with E-state index >= 15 is 0 Å². The highest BCUT2D eigenvalue weighted by molar-refractivity contribution is 5.35. The summed E-state index contributed by atoms with van der Waals surface area (Å²) in [5.41, 5.74) is 6.74. The summed E-state index contributed by atoms with van der Waals surface area (Å²) in [6.07, 6.45) is 6.67. The number of anilines is 1. The number of aromatic nitrogens is 1. The van der Waals surface area contributed by atoms with Gasteiger partial charge in [0.15, 0.2) is 0 Å². The van der Waals surface area contributed by atoms with Crippen LogP contribution in [0.5, 0.6) is 5.88 Å². The maximum Gasteiger partial charge on any atom is 0.213 e. The number of hydrogen-bond donors (Lipinski definition) is 1. The Balaban J connectivity index is 1.89. The molecule has 0 atom stereocenters. The minimum Gasteiger partial charge on any atom is -0.474 e. The van der Waals surface area contributed by atoms with E-state index in [0.717, 1.165) is 12.8 Å². The van der Waals surface area contributed by atoms with Gasteiger partial charge in [-0.05, 0) is 37.2 Å². The third-order valence-corrected chi connectivity index (χ3v) is 3.33. The molecule has 1 aliphatic rings. The topological polar surface area (TPSA) is 48.1 Å². The van der Waals surface area contributed by atoms with Crippen molar-refractivity contribution in [3.05, 3.63) is 18.3 Å². The molecule has 16 heavy (non-hydrogen) atoms. The number of rotatable bonds is 2. The number of nitrogen functional groups attached to an aromatic ring is 1. The highest BCUT2D eigenvalue weighted by Crippen LogP contribution is 2.36. The second-order valence-corrected chi connectivity index (χ2v) is 5.41. The molecule has 88 valence electrons. The van der Waals surface area contributed by atoms with Gasteiger partial charge in [-0.25, -0.2) is 4.98 Å². The first-order chi connectivity index (χ1) is 7.55. The standard InChI is InChI=1S/C13H20N2O/c1-13(2)7-5-11(6-8-13)16-12-4-3-10(14)9-15-12/h3-4,9,11H,5-8,14H2,1-2H3. The van der Waals surface area contributed by atoms with Gasteiger partial charge >= 0.3 is 0 Å². The van der Waals surface area contributed by atoms with E-state index in [2.05, 4.69) is 18.8 Å². The Hall–Kier alpha value is -1.25. The lowest BCUT2D eigenvalue weighted by Crippen LogP contribution is -2.28. The molecule has 3 nitrogen and oxygen atoms in total. The number of pyridine rings is 1. The highest BCUT2D eigenvalue weighted by Gasteiger charge is 2.27. The van der Waals surface area contributed by atoms with E-state index in [-0.39, 0.29) is 0 Å². The van der Waals surface area contributed by atoms with Crippen molar-refractivity contribution in [3.63, 3.8) is 0 Å². The lowest BCUT2D eigenvalue weighted by Gasteiger charge is -2.34. The van der Waals surface area contributed by atoms with E-state index in [9.17, 15) is 0 Å². The van der Waals surface area contributed by atoms with Crippen LogP contribution in [0.4, 0.5) is 5.69 Å². The lowest BCUT2D eigenvalue weighted by molar-refractivity contribution is 0.0949. The summed E-state index contributed by atoms with van der Waals surface area (Å²) in [5, 5.41) is 0.